The molecule has 0 bridgehead atoms. The van der Waals surface area contributed by atoms with E-state index < -0.39 is 0 Å². The fraction of sp³-hybridized carbons (Fsp3) is 0.217. The number of benzene rings is 1. The van der Waals surface area contributed by atoms with Gasteiger partial charge in [-0.3, -0.25) is 14.6 Å². The summed E-state index contributed by atoms with van der Waals surface area (Å²) < 4.78 is 0. The fourth-order valence-corrected chi connectivity index (χ4v) is 2.80. The van der Waals surface area contributed by atoms with Crippen LogP contribution in [0.3, 0.4) is 0 Å². The number of amides is 2. The summed E-state index contributed by atoms with van der Waals surface area (Å²) in [5.74, 6) is -0.641. The lowest BCUT2D eigenvalue weighted by Gasteiger charge is -2.09. The SMILES string of the molecule is Cc1cccc(-c2ccc(CNC(=O)c3cccc(C(=O)NC(C)C)n3)cn2)c1. The van der Waals surface area contributed by atoms with E-state index in [1.54, 1.807) is 24.4 Å². The molecule has 2 amide bonds. The summed E-state index contributed by atoms with van der Waals surface area (Å²) in [6.45, 7) is 6.10. The number of hydrogen-bond acceptors (Lipinski definition) is 4. The lowest BCUT2D eigenvalue weighted by atomic mass is 10.1. The molecule has 0 unspecified atom stereocenters. The molecule has 0 aliphatic heterocycles. The zero-order chi connectivity index (χ0) is 20.8. The highest BCUT2D eigenvalue weighted by molar-refractivity contribution is 5.96. The van der Waals surface area contributed by atoms with Gasteiger partial charge in [-0.05, 0) is 50.6 Å². The first-order chi connectivity index (χ1) is 13.9. The van der Waals surface area contributed by atoms with Crippen molar-refractivity contribution < 1.29 is 9.59 Å². The molecule has 6 heteroatoms. The average Bonchev–Trinajstić information content (AvgIpc) is 2.72. The minimum absolute atomic E-state index is 0.00273. The van der Waals surface area contributed by atoms with Crippen LogP contribution in [0.25, 0.3) is 11.3 Å². The molecule has 3 aromatic rings. The number of carbonyl (C=O) groups excluding carboxylic acids is 2. The Bertz CT molecular complexity index is 1010. The highest BCUT2D eigenvalue weighted by atomic mass is 16.2. The molecule has 2 heterocycles. The smallest absolute Gasteiger partial charge is 0.270 e. The molecule has 2 N–H and O–H groups in total. The van der Waals surface area contributed by atoms with Gasteiger partial charge in [-0.1, -0.05) is 35.9 Å². The van der Waals surface area contributed by atoms with E-state index in [9.17, 15) is 9.59 Å². The Morgan fingerprint density at radius 2 is 1.69 bits per heavy atom. The predicted octanol–water partition coefficient (Wildman–Crippen LogP) is 3.52. The third kappa shape index (κ3) is 5.48. The zero-order valence-electron chi connectivity index (χ0n) is 16.8. The van der Waals surface area contributed by atoms with Crippen molar-refractivity contribution >= 4 is 11.8 Å². The van der Waals surface area contributed by atoms with Crippen LogP contribution in [0.1, 0.15) is 46.0 Å². The van der Waals surface area contributed by atoms with Crippen LogP contribution in [0.5, 0.6) is 0 Å². The van der Waals surface area contributed by atoms with E-state index >= 15 is 0 Å². The fourth-order valence-electron chi connectivity index (χ4n) is 2.80. The number of rotatable bonds is 6. The number of carbonyl (C=O) groups is 2. The standard InChI is InChI=1S/C23H24N4O2/c1-15(2)26-23(29)21-9-5-8-20(27-21)22(28)25-14-17-10-11-19(24-13-17)18-7-4-6-16(3)12-18/h4-13,15H,14H2,1-3H3,(H,25,28)(H,26,29). The molecule has 0 fully saturated rings. The Kier molecular flexibility index (Phi) is 6.34. The van der Waals surface area contributed by atoms with Crippen LogP contribution in [0, 0.1) is 6.92 Å². The maximum absolute atomic E-state index is 12.4. The molecule has 0 radical (unpaired) electrons. The Morgan fingerprint density at radius 3 is 2.34 bits per heavy atom. The van der Waals surface area contributed by atoms with E-state index in [4.69, 9.17) is 0 Å². The minimum Gasteiger partial charge on any atom is -0.349 e. The number of aromatic nitrogens is 2. The minimum atomic E-state index is -0.341. The normalized spacial score (nSPS) is 10.6. The second kappa shape index (κ2) is 9.10. The maximum atomic E-state index is 12.4. The second-order valence-corrected chi connectivity index (χ2v) is 7.14. The monoisotopic (exact) mass is 388 g/mol. The molecular formula is C23H24N4O2. The highest BCUT2D eigenvalue weighted by Gasteiger charge is 2.13. The molecule has 3 rings (SSSR count). The molecule has 0 aliphatic rings. The first-order valence-corrected chi connectivity index (χ1v) is 9.50. The Balaban J connectivity index is 1.63. The van der Waals surface area contributed by atoms with E-state index in [1.165, 1.54) is 5.56 Å². The van der Waals surface area contributed by atoms with Crippen LogP contribution in [-0.2, 0) is 6.54 Å². The van der Waals surface area contributed by atoms with Gasteiger partial charge in [0.05, 0.1) is 5.69 Å². The van der Waals surface area contributed by atoms with Crippen molar-refractivity contribution in [3.63, 3.8) is 0 Å². The van der Waals surface area contributed by atoms with Crippen LogP contribution < -0.4 is 10.6 Å². The van der Waals surface area contributed by atoms with E-state index in [0.29, 0.717) is 6.54 Å². The first kappa shape index (κ1) is 20.2. The molecular weight excluding hydrogens is 364 g/mol. The van der Waals surface area contributed by atoms with E-state index in [2.05, 4.69) is 26.7 Å². The van der Waals surface area contributed by atoms with Crippen LogP contribution in [0.4, 0.5) is 0 Å². The van der Waals surface area contributed by atoms with Gasteiger partial charge >= 0.3 is 0 Å². The molecule has 1 aromatic carbocycles. The molecule has 0 atom stereocenters. The van der Waals surface area contributed by atoms with Crippen molar-refractivity contribution in [2.75, 3.05) is 0 Å². The summed E-state index contributed by atoms with van der Waals surface area (Å²) in [7, 11) is 0. The predicted molar refractivity (Wildman–Crippen MR) is 112 cm³/mol. The lowest BCUT2D eigenvalue weighted by molar-refractivity contribution is 0.0936. The molecule has 0 saturated carbocycles. The first-order valence-electron chi connectivity index (χ1n) is 9.50. The number of nitrogens with zero attached hydrogens (tertiary/aromatic N) is 2. The van der Waals surface area contributed by atoms with Crippen molar-refractivity contribution in [1.29, 1.82) is 0 Å². The van der Waals surface area contributed by atoms with Crippen LogP contribution in [0.15, 0.2) is 60.8 Å². The Labute approximate surface area is 170 Å². The Hall–Kier alpha value is -3.54. The van der Waals surface area contributed by atoms with Gasteiger partial charge in [0.1, 0.15) is 11.4 Å². The van der Waals surface area contributed by atoms with Gasteiger partial charge in [0.2, 0.25) is 0 Å². The summed E-state index contributed by atoms with van der Waals surface area (Å²) in [4.78, 5) is 33.1. The molecule has 29 heavy (non-hydrogen) atoms. The van der Waals surface area contributed by atoms with Gasteiger partial charge in [0.25, 0.3) is 11.8 Å². The van der Waals surface area contributed by atoms with Gasteiger partial charge in [0, 0.05) is 24.3 Å². The second-order valence-electron chi connectivity index (χ2n) is 7.14. The third-order valence-electron chi connectivity index (χ3n) is 4.23. The molecule has 148 valence electrons. The molecule has 0 aliphatic carbocycles. The summed E-state index contributed by atoms with van der Waals surface area (Å²) in [6, 6.07) is 16.8. The summed E-state index contributed by atoms with van der Waals surface area (Å²) >= 11 is 0. The van der Waals surface area contributed by atoms with Crippen molar-refractivity contribution in [2.24, 2.45) is 0 Å². The highest BCUT2D eigenvalue weighted by Crippen LogP contribution is 2.18. The van der Waals surface area contributed by atoms with Crippen molar-refractivity contribution in [3.05, 3.63) is 83.3 Å². The van der Waals surface area contributed by atoms with Crippen LogP contribution in [0.2, 0.25) is 0 Å². The number of hydrogen-bond donors (Lipinski definition) is 2. The van der Waals surface area contributed by atoms with E-state index in [0.717, 1.165) is 16.8 Å². The number of aryl methyl sites for hydroxylation is 1. The third-order valence-corrected chi connectivity index (χ3v) is 4.23. The summed E-state index contributed by atoms with van der Waals surface area (Å²) in [5.41, 5.74) is 4.41. The molecule has 0 saturated heterocycles. The van der Waals surface area contributed by atoms with Crippen LogP contribution >= 0.6 is 0 Å². The molecule has 0 spiro atoms. The quantitative estimate of drug-likeness (QED) is 0.677. The van der Waals surface area contributed by atoms with E-state index in [-0.39, 0.29) is 29.2 Å². The molecule has 2 aromatic heterocycles. The van der Waals surface area contributed by atoms with Crippen molar-refractivity contribution in [1.82, 2.24) is 20.6 Å². The largest absolute Gasteiger partial charge is 0.349 e. The number of pyridine rings is 2. The van der Waals surface area contributed by atoms with Gasteiger partial charge in [-0.25, -0.2) is 4.98 Å². The van der Waals surface area contributed by atoms with Crippen molar-refractivity contribution in [2.45, 2.75) is 33.4 Å². The topological polar surface area (TPSA) is 84.0 Å². The number of nitrogens with one attached hydrogen (secondary N) is 2. The van der Waals surface area contributed by atoms with Gasteiger partial charge in [-0.2, -0.15) is 0 Å². The maximum Gasteiger partial charge on any atom is 0.270 e. The van der Waals surface area contributed by atoms with Crippen LogP contribution in [-0.4, -0.2) is 27.8 Å². The van der Waals surface area contributed by atoms with Gasteiger partial charge in [-0.15, -0.1) is 0 Å². The summed E-state index contributed by atoms with van der Waals surface area (Å²) in [5, 5.41) is 5.58. The van der Waals surface area contributed by atoms with Crippen molar-refractivity contribution in [3.8, 4) is 11.3 Å². The Morgan fingerprint density at radius 1 is 0.966 bits per heavy atom. The zero-order valence-corrected chi connectivity index (χ0v) is 16.8. The van der Waals surface area contributed by atoms with E-state index in [1.807, 2.05) is 51.1 Å². The van der Waals surface area contributed by atoms with Gasteiger partial charge in [0.15, 0.2) is 0 Å². The van der Waals surface area contributed by atoms with Gasteiger partial charge < -0.3 is 10.6 Å². The molecule has 6 nitrogen and oxygen atoms in total. The average molecular weight is 388 g/mol. The summed E-state index contributed by atoms with van der Waals surface area (Å²) in [6.07, 6.45) is 1.75. The lowest BCUT2D eigenvalue weighted by Crippen LogP contribution is -2.31.